The second-order valence-electron chi connectivity index (χ2n) is 8.92. The fourth-order valence-electron chi connectivity index (χ4n) is 4.85. The van der Waals surface area contributed by atoms with Crippen LogP contribution in [-0.2, 0) is 11.2 Å². The van der Waals surface area contributed by atoms with E-state index in [1.165, 1.54) is 0 Å². The molecule has 0 unspecified atom stereocenters. The highest BCUT2D eigenvalue weighted by Crippen LogP contribution is 2.31. The van der Waals surface area contributed by atoms with Crippen LogP contribution in [-0.4, -0.2) is 58.9 Å². The number of benzene rings is 1. The maximum absolute atomic E-state index is 13.4. The van der Waals surface area contributed by atoms with E-state index < -0.39 is 0 Å². The Morgan fingerprint density at radius 3 is 2.69 bits per heavy atom. The molecule has 2 aliphatic rings. The lowest BCUT2D eigenvalue weighted by Crippen LogP contribution is -2.51. The van der Waals surface area contributed by atoms with Crippen LogP contribution in [0.5, 0.6) is 5.75 Å². The molecule has 2 amide bonds. The molecule has 1 aromatic heterocycles. The fourth-order valence-corrected chi connectivity index (χ4v) is 4.85. The van der Waals surface area contributed by atoms with Gasteiger partial charge in [0.1, 0.15) is 11.9 Å². The van der Waals surface area contributed by atoms with E-state index >= 15 is 0 Å². The van der Waals surface area contributed by atoms with Gasteiger partial charge in [0, 0.05) is 32.5 Å². The van der Waals surface area contributed by atoms with E-state index in [1.807, 2.05) is 43.4 Å². The standard InChI is InChI=1S/C26H33N3O3/c1-28-16-7-2-8-17-29(25(30)18-20-10-9-15-27-19-20)22-12-4-6-14-24(22)32-23-13-5-3-11-21(23)26(28)31/h3,5,9-11,13,15,19,22,24H,2,4,6-8,12,14,16-18H2,1H3/t22-,24+/m1/s1. The van der Waals surface area contributed by atoms with E-state index in [1.54, 1.807) is 17.3 Å². The number of nitrogens with zero attached hydrogens (tertiary/aromatic N) is 3. The number of hydrogen-bond acceptors (Lipinski definition) is 4. The van der Waals surface area contributed by atoms with E-state index in [0.717, 1.165) is 57.1 Å². The number of rotatable bonds is 2. The number of carbonyl (C=O) groups excluding carboxylic acids is 2. The maximum Gasteiger partial charge on any atom is 0.257 e. The zero-order valence-corrected chi connectivity index (χ0v) is 18.9. The average Bonchev–Trinajstić information content (AvgIpc) is 2.82. The van der Waals surface area contributed by atoms with Crippen molar-refractivity contribution in [2.45, 2.75) is 63.5 Å². The van der Waals surface area contributed by atoms with E-state index in [0.29, 0.717) is 24.3 Å². The van der Waals surface area contributed by atoms with Crippen LogP contribution in [0.15, 0.2) is 48.8 Å². The number of amides is 2. The van der Waals surface area contributed by atoms with Crippen molar-refractivity contribution < 1.29 is 14.3 Å². The summed E-state index contributed by atoms with van der Waals surface area (Å²) in [5.74, 6) is 0.756. The van der Waals surface area contributed by atoms with Crippen LogP contribution < -0.4 is 4.74 Å². The summed E-state index contributed by atoms with van der Waals surface area (Å²) in [5.41, 5.74) is 1.54. The van der Waals surface area contributed by atoms with Crippen molar-refractivity contribution in [1.82, 2.24) is 14.8 Å². The summed E-state index contributed by atoms with van der Waals surface area (Å²) in [5, 5.41) is 0. The molecule has 0 N–H and O–H groups in total. The van der Waals surface area contributed by atoms with Gasteiger partial charge in [-0.1, -0.05) is 24.6 Å². The van der Waals surface area contributed by atoms with Crippen molar-refractivity contribution in [3.8, 4) is 5.75 Å². The minimum Gasteiger partial charge on any atom is -0.487 e. The van der Waals surface area contributed by atoms with Gasteiger partial charge in [-0.2, -0.15) is 0 Å². The molecule has 170 valence electrons. The first-order valence-corrected chi connectivity index (χ1v) is 11.8. The third-order valence-electron chi connectivity index (χ3n) is 6.60. The number of pyridine rings is 1. The summed E-state index contributed by atoms with van der Waals surface area (Å²) < 4.78 is 6.51. The average molecular weight is 436 g/mol. The van der Waals surface area contributed by atoms with Crippen LogP contribution in [0.2, 0.25) is 0 Å². The van der Waals surface area contributed by atoms with Gasteiger partial charge in [0.05, 0.1) is 18.0 Å². The smallest absolute Gasteiger partial charge is 0.257 e. The molecule has 1 aliphatic carbocycles. The van der Waals surface area contributed by atoms with Crippen molar-refractivity contribution in [3.05, 3.63) is 59.9 Å². The quantitative estimate of drug-likeness (QED) is 0.713. The predicted octanol–water partition coefficient (Wildman–Crippen LogP) is 4.10. The van der Waals surface area contributed by atoms with Gasteiger partial charge >= 0.3 is 0 Å². The summed E-state index contributed by atoms with van der Waals surface area (Å²) in [7, 11) is 1.85. The lowest BCUT2D eigenvalue weighted by Gasteiger charge is -2.40. The molecule has 1 aromatic carbocycles. The second kappa shape index (κ2) is 10.6. The summed E-state index contributed by atoms with van der Waals surface area (Å²) in [4.78, 5) is 34.5. The van der Waals surface area contributed by atoms with Gasteiger partial charge in [-0.15, -0.1) is 0 Å². The van der Waals surface area contributed by atoms with Gasteiger partial charge < -0.3 is 14.5 Å². The van der Waals surface area contributed by atoms with Crippen LogP contribution in [0.4, 0.5) is 0 Å². The summed E-state index contributed by atoms with van der Waals surface area (Å²) in [6.07, 6.45) is 10.6. The lowest BCUT2D eigenvalue weighted by molar-refractivity contribution is -0.136. The van der Waals surface area contributed by atoms with Gasteiger partial charge in [0.15, 0.2) is 0 Å². The van der Waals surface area contributed by atoms with Crippen molar-refractivity contribution >= 4 is 11.8 Å². The second-order valence-corrected chi connectivity index (χ2v) is 8.92. The highest BCUT2D eigenvalue weighted by atomic mass is 16.5. The van der Waals surface area contributed by atoms with Gasteiger partial charge in [0.2, 0.25) is 5.91 Å². The Morgan fingerprint density at radius 1 is 1.03 bits per heavy atom. The molecule has 6 nitrogen and oxygen atoms in total. The molecule has 0 bridgehead atoms. The number of hydrogen-bond donors (Lipinski definition) is 0. The Labute approximate surface area is 190 Å². The first kappa shape index (κ1) is 22.3. The Morgan fingerprint density at radius 2 is 1.84 bits per heavy atom. The van der Waals surface area contributed by atoms with Crippen molar-refractivity contribution in [2.24, 2.45) is 0 Å². The molecule has 1 aliphatic heterocycles. The highest BCUT2D eigenvalue weighted by Gasteiger charge is 2.35. The van der Waals surface area contributed by atoms with Crippen LogP contribution >= 0.6 is 0 Å². The van der Waals surface area contributed by atoms with Gasteiger partial charge in [0.25, 0.3) is 5.91 Å². The summed E-state index contributed by atoms with van der Waals surface area (Å²) in [6.45, 7) is 1.42. The van der Waals surface area contributed by atoms with Gasteiger partial charge in [-0.05, 0) is 62.3 Å². The van der Waals surface area contributed by atoms with Crippen LogP contribution in [0.3, 0.4) is 0 Å². The topological polar surface area (TPSA) is 62.7 Å². The summed E-state index contributed by atoms with van der Waals surface area (Å²) >= 11 is 0. The molecule has 4 rings (SSSR count). The first-order valence-electron chi connectivity index (χ1n) is 11.8. The molecule has 2 heterocycles. The van der Waals surface area contributed by atoms with Crippen LogP contribution in [0.25, 0.3) is 0 Å². The van der Waals surface area contributed by atoms with Crippen molar-refractivity contribution in [3.63, 3.8) is 0 Å². The van der Waals surface area contributed by atoms with Gasteiger partial charge in [-0.25, -0.2) is 0 Å². The third kappa shape index (κ3) is 5.29. The highest BCUT2D eigenvalue weighted by molar-refractivity contribution is 5.96. The number of ether oxygens (including phenoxy) is 1. The number of aromatic nitrogens is 1. The van der Waals surface area contributed by atoms with Crippen LogP contribution in [0, 0.1) is 0 Å². The SMILES string of the molecule is CN1CCCCCN(C(=O)Cc2cccnc2)[C@@H]2CCCC[C@@H]2Oc2ccccc2C1=O. The molecule has 1 fully saturated rings. The Balaban J connectivity index is 1.62. The van der Waals surface area contributed by atoms with E-state index in [9.17, 15) is 9.59 Å². The summed E-state index contributed by atoms with van der Waals surface area (Å²) in [6, 6.07) is 11.4. The Bertz CT molecular complexity index is 918. The maximum atomic E-state index is 13.4. The molecule has 0 spiro atoms. The minimum absolute atomic E-state index is 0.00304. The molecular formula is C26H33N3O3. The molecule has 2 aromatic rings. The molecular weight excluding hydrogens is 402 g/mol. The third-order valence-corrected chi connectivity index (χ3v) is 6.60. The minimum atomic E-state index is -0.110. The molecule has 2 atom stereocenters. The number of para-hydroxylation sites is 1. The largest absolute Gasteiger partial charge is 0.487 e. The van der Waals surface area contributed by atoms with E-state index in [-0.39, 0.29) is 24.0 Å². The molecule has 1 saturated carbocycles. The normalized spacial score (nSPS) is 22.5. The Kier molecular flexibility index (Phi) is 7.40. The zero-order chi connectivity index (χ0) is 22.3. The van der Waals surface area contributed by atoms with E-state index in [4.69, 9.17) is 4.74 Å². The van der Waals surface area contributed by atoms with Crippen molar-refractivity contribution in [1.29, 1.82) is 0 Å². The van der Waals surface area contributed by atoms with Crippen LogP contribution in [0.1, 0.15) is 60.9 Å². The van der Waals surface area contributed by atoms with Gasteiger partial charge in [-0.3, -0.25) is 14.6 Å². The zero-order valence-electron chi connectivity index (χ0n) is 18.9. The van der Waals surface area contributed by atoms with Crippen molar-refractivity contribution in [2.75, 3.05) is 20.1 Å². The lowest BCUT2D eigenvalue weighted by atomic mass is 9.90. The fraction of sp³-hybridized carbons (Fsp3) is 0.500. The number of fused-ring (bicyclic) bond motifs is 2. The monoisotopic (exact) mass is 435 g/mol. The molecule has 6 heteroatoms. The molecule has 0 saturated heterocycles. The molecule has 32 heavy (non-hydrogen) atoms. The molecule has 0 radical (unpaired) electrons. The van der Waals surface area contributed by atoms with E-state index in [2.05, 4.69) is 9.88 Å². The predicted molar refractivity (Wildman–Crippen MR) is 124 cm³/mol. The first-order chi connectivity index (χ1) is 15.6. The Hall–Kier alpha value is -2.89. The number of carbonyl (C=O) groups is 2.